The molecule has 0 saturated carbocycles. The van der Waals surface area contributed by atoms with Crippen molar-refractivity contribution in [3.05, 3.63) is 89.5 Å². The highest BCUT2D eigenvalue weighted by atomic mass is 32.1. The lowest BCUT2D eigenvalue weighted by Gasteiger charge is -2.23. The molecule has 0 bridgehead atoms. The molecule has 0 aliphatic carbocycles. The number of fused-ring (bicyclic) bond motifs is 1. The lowest BCUT2D eigenvalue weighted by molar-refractivity contribution is -0.132. The van der Waals surface area contributed by atoms with Crippen molar-refractivity contribution in [2.24, 2.45) is 0 Å². The summed E-state index contributed by atoms with van der Waals surface area (Å²) in [6.45, 7) is 3.86. The van der Waals surface area contributed by atoms with E-state index in [2.05, 4.69) is 4.98 Å². The SMILES string of the molecule is CC(C)Oc1ccc(/C(O)=C2\C(=O)C(=O)N(c3nc4ccccc4s3)C2c2ccc(N(C)C)cc2)cc1. The third-order valence-electron chi connectivity index (χ3n) is 6.16. The van der Waals surface area contributed by atoms with Gasteiger partial charge in [0, 0.05) is 25.3 Å². The van der Waals surface area contributed by atoms with Crippen molar-refractivity contribution >= 4 is 49.8 Å². The number of aromatic nitrogens is 1. The topological polar surface area (TPSA) is 83.0 Å². The first-order valence-corrected chi connectivity index (χ1v) is 12.8. The number of benzene rings is 3. The predicted molar refractivity (Wildman–Crippen MR) is 147 cm³/mol. The maximum Gasteiger partial charge on any atom is 0.301 e. The van der Waals surface area contributed by atoms with Gasteiger partial charge in [-0.3, -0.25) is 14.5 Å². The molecule has 1 aliphatic rings. The Hall–Kier alpha value is -4.17. The van der Waals surface area contributed by atoms with Crippen molar-refractivity contribution in [1.82, 2.24) is 4.98 Å². The molecule has 1 amide bonds. The zero-order chi connectivity index (χ0) is 26.3. The van der Waals surface area contributed by atoms with E-state index in [1.165, 1.54) is 16.2 Å². The first-order valence-electron chi connectivity index (χ1n) is 12.0. The Balaban J connectivity index is 1.65. The quantitative estimate of drug-likeness (QED) is 0.200. The molecule has 1 unspecified atom stereocenters. The number of carbonyl (C=O) groups excluding carboxylic acids is 2. The number of ketones is 1. The molecule has 3 aromatic carbocycles. The van der Waals surface area contributed by atoms with Crippen LogP contribution in [-0.4, -0.2) is 42.0 Å². The molecule has 2 heterocycles. The third kappa shape index (κ3) is 4.56. The molecular weight excluding hydrogens is 486 g/mol. The Morgan fingerprint density at radius 1 is 1.00 bits per heavy atom. The second-order valence-electron chi connectivity index (χ2n) is 9.31. The fourth-order valence-corrected chi connectivity index (χ4v) is 5.37. The highest BCUT2D eigenvalue weighted by molar-refractivity contribution is 7.22. The second-order valence-corrected chi connectivity index (χ2v) is 10.3. The van der Waals surface area contributed by atoms with Crippen LogP contribution < -0.4 is 14.5 Å². The number of amides is 1. The van der Waals surface area contributed by atoms with Crippen LogP contribution in [0.1, 0.15) is 31.0 Å². The number of anilines is 2. The van der Waals surface area contributed by atoms with Crippen molar-refractivity contribution in [3.8, 4) is 5.75 Å². The van der Waals surface area contributed by atoms with Crippen LogP contribution in [0.2, 0.25) is 0 Å². The summed E-state index contributed by atoms with van der Waals surface area (Å²) < 4.78 is 6.60. The molecule has 8 heteroatoms. The Morgan fingerprint density at radius 2 is 1.68 bits per heavy atom. The van der Waals surface area contributed by atoms with E-state index in [4.69, 9.17) is 4.74 Å². The van der Waals surface area contributed by atoms with Gasteiger partial charge in [-0.1, -0.05) is 35.6 Å². The van der Waals surface area contributed by atoms with Gasteiger partial charge in [-0.05, 0) is 67.9 Å². The monoisotopic (exact) mass is 513 g/mol. The average molecular weight is 514 g/mol. The van der Waals surface area contributed by atoms with E-state index >= 15 is 0 Å². The lowest BCUT2D eigenvalue weighted by Crippen LogP contribution is -2.29. The van der Waals surface area contributed by atoms with E-state index in [1.54, 1.807) is 24.3 Å². The van der Waals surface area contributed by atoms with Crippen LogP contribution in [-0.2, 0) is 9.59 Å². The summed E-state index contributed by atoms with van der Waals surface area (Å²) >= 11 is 1.34. The Morgan fingerprint density at radius 3 is 2.30 bits per heavy atom. The number of Topliss-reactive ketones (excluding diaryl/α,β-unsaturated/α-hetero) is 1. The number of aliphatic hydroxyl groups excluding tert-OH is 1. The van der Waals surface area contributed by atoms with Gasteiger partial charge in [0.15, 0.2) is 5.13 Å². The fraction of sp³-hybridized carbons (Fsp3) is 0.207. The minimum absolute atomic E-state index is 0.00344. The van der Waals surface area contributed by atoms with Gasteiger partial charge >= 0.3 is 5.91 Å². The maximum atomic E-state index is 13.4. The van der Waals surface area contributed by atoms with Crippen LogP contribution in [0.3, 0.4) is 0 Å². The molecule has 4 aromatic rings. The number of hydrogen-bond acceptors (Lipinski definition) is 7. The van der Waals surface area contributed by atoms with Gasteiger partial charge < -0.3 is 14.7 Å². The standard InChI is InChI=1S/C29H27N3O4S/c1-17(2)36-21-15-11-19(12-16-21)26(33)24-25(18-9-13-20(14-10-18)31(3)4)32(28(35)27(24)34)29-30-22-7-5-6-8-23(22)37-29/h5-17,25,33H,1-4H3/b26-24+. The maximum absolute atomic E-state index is 13.4. The molecule has 1 aromatic heterocycles. The number of hydrogen-bond donors (Lipinski definition) is 1. The minimum atomic E-state index is -0.830. The first kappa shape index (κ1) is 24.5. The molecule has 1 N–H and O–H groups in total. The Labute approximate surface area is 219 Å². The molecule has 5 rings (SSSR count). The summed E-state index contributed by atoms with van der Waals surface area (Å²) in [5, 5.41) is 11.8. The number of carbonyl (C=O) groups is 2. The summed E-state index contributed by atoms with van der Waals surface area (Å²) in [6.07, 6.45) is 0.00344. The van der Waals surface area contributed by atoms with Crippen molar-refractivity contribution < 1.29 is 19.4 Å². The molecule has 7 nitrogen and oxygen atoms in total. The lowest BCUT2D eigenvalue weighted by atomic mass is 9.95. The molecule has 1 saturated heterocycles. The molecule has 188 valence electrons. The zero-order valence-corrected chi connectivity index (χ0v) is 21.8. The van der Waals surface area contributed by atoms with Crippen molar-refractivity contribution in [3.63, 3.8) is 0 Å². The first-order chi connectivity index (χ1) is 17.7. The van der Waals surface area contributed by atoms with Crippen molar-refractivity contribution in [1.29, 1.82) is 0 Å². The summed E-state index contributed by atoms with van der Waals surface area (Å²) in [6, 6.07) is 21.2. The summed E-state index contributed by atoms with van der Waals surface area (Å²) in [4.78, 5) is 34.9. The third-order valence-corrected chi connectivity index (χ3v) is 7.19. The highest BCUT2D eigenvalue weighted by Gasteiger charge is 2.48. The van der Waals surface area contributed by atoms with Crippen LogP contribution in [0, 0.1) is 0 Å². The number of ether oxygens (including phenoxy) is 1. The second kappa shape index (κ2) is 9.71. The summed E-state index contributed by atoms with van der Waals surface area (Å²) in [7, 11) is 3.88. The van der Waals surface area contributed by atoms with Gasteiger partial charge in [0.1, 0.15) is 11.5 Å². The number of para-hydroxylation sites is 1. The largest absolute Gasteiger partial charge is 0.507 e. The predicted octanol–water partition coefficient (Wildman–Crippen LogP) is 5.78. The van der Waals surface area contributed by atoms with Crippen molar-refractivity contribution in [2.45, 2.75) is 26.0 Å². The normalized spacial score (nSPS) is 17.1. The molecular formula is C29H27N3O4S. The van der Waals surface area contributed by atoms with Gasteiger partial charge in [-0.25, -0.2) is 4.98 Å². The Bertz CT molecular complexity index is 1470. The summed E-state index contributed by atoms with van der Waals surface area (Å²) in [5.41, 5.74) is 2.87. The van der Waals surface area contributed by atoms with Crippen molar-refractivity contribution in [2.75, 3.05) is 23.9 Å². The van der Waals surface area contributed by atoms with Gasteiger partial charge in [-0.15, -0.1) is 0 Å². The molecule has 1 atom stereocenters. The molecule has 1 aliphatic heterocycles. The number of nitrogens with zero attached hydrogens (tertiary/aromatic N) is 3. The van der Waals surface area contributed by atoms with E-state index < -0.39 is 17.7 Å². The fourth-order valence-electron chi connectivity index (χ4n) is 4.38. The van der Waals surface area contributed by atoms with Gasteiger partial charge in [-0.2, -0.15) is 0 Å². The smallest absolute Gasteiger partial charge is 0.301 e. The van der Waals surface area contributed by atoms with Gasteiger partial charge in [0.2, 0.25) is 0 Å². The Kier molecular flexibility index (Phi) is 6.43. The van der Waals surface area contributed by atoms with Crippen LogP contribution in [0.15, 0.2) is 78.4 Å². The van der Waals surface area contributed by atoms with E-state index in [-0.39, 0.29) is 17.4 Å². The number of rotatable bonds is 6. The highest BCUT2D eigenvalue weighted by Crippen LogP contribution is 2.44. The molecule has 37 heavy (non-hydrogen) atoms. The van der Waals surface area contributed by atoms with Crippen LogP contribution in [0.5, 0.6) is 5.75 Å². The van der Waals surface area contributed by atoms with E-state index in [0.29, 0.717) is 22.0 Å². The number of thiazole rings is 1. The van der Waals surface area contributed by atoms with E-state index in [1.807, 2.05) is 81.4 Å². The van der Waals surface area contributed by atoms with E-state index in [0.717, 1.165) is 15.9 Å². The molecule has 0 radical (unpaired) electrons. The average Bonchev–Trinajstić information content (AvgIpc) is 3.42. The molecule has 0 spiro atoms. The van der Waals surface area contributed by atoms with Gasteiger partial charge in [0.25, 0.3) is 5.78 Å². The van der Waals surface area contributed by atoms with Gasteiger partial charge in [0.05, 0.1) is 27.9 Å². The molecule has 1 fully saturated rings. The zero-order valence-electron chi connectivity index (χ0n) is 21.0. The number of aliphatic hydroxyl groups is 1. The van der Waals surface area contributed by atoms with Crippen LogP contribution in [0.4, 0.5) is 10.8 Å². The summed E-state index contributed by atoms with van der Waals surface area (Å²) in [5.74, 6) is -1.06. The van der Waals surface area contributed by atoms with Crippen LogP contribution in [0.25, 0.3) is 16.0 Å². The van der Waals surface area contributed by atoms with E-state index in [9.17, 15) is 14.7 Å². The van der Waals surface area contributed by atoms with Crippen LogP contribution >= 0.6 is 11.3 Å². The minimum Gasteiger partial charge on any atom is -0.507 e.